The average Bonchev–Trinajstić information content (AvgIpc) is 2.84. The number of aryl methyl sites for hydroxylation is 2. The van der Waals surface area contributed by atoms with E-state index in [1.165, 1.54) is 11.5 Å². The van der Waals surface area contributed by atoms with Crippen LogP contribution in [-0.4, -0.2) is 24.5 Å². The molecule has 0 aliphatic heterocycles. The third-order valence-corrected chi connectivity index (χ3v) is 2.71. The normalized spacial score (nSPS) is 12.9. The summed E-state index contributed by atoms with van der Waals surface area (Å²) >= 11 is 1.26. The molecule has 1 N–H and O–H groups in total. The van der Waals surface area contributed by atoms with E-state index in [0.29, 0.717) is 12.1 Å². The summed E-state index contributed by atoms with van der Waals surface area (Å²) < 4.78 is 5.47. The summed E-state index contributed by atoms with van der Waals surface area (Å²) in [5.74, 6) is 0. The van der Waals surface area contributed by atoms with Gasteiger partial charge >= 0.3 is 0 Å². The summed E-state index contributed by atoms with van der Waals surface area (Å²) in [4.78, 5) is 0. The summed E-state index contributed by atoms with van der Waals surface area (Å²) in [6, 6.07) is 0. The minimum absolute atomic E-state index is 0.524. The molecule has 0 aromatic carbocycles. The number of hydrogen-bond donors (Lipinski definition) is 1. The first-order valence-electron chi connectivity index (χ1n) is 4.68. The lowest BCUT2D eigenvalue weighted by molar-refractivity contribution is 0.163. The van der Waals surface area contributed by atoms with Crippen LogP contribution in [0.5, 0.6) is 0 Å². The Kier molecular flexibility index (Phi) is 3.08. The number of aliphatic hydroxyl groups is 1. The van der Waals surface area contributed by atoms with Crippen LogP contribution in [0, 0.1) is 0 Å². The minimum Gasteiger partial charge on any atom is -0.387 e. The van der Waals surface area contributed by atoms with Gasteiger partial charge in [0, 0.05) is 18.6 Å². The fraction of sp³-hybridized carbons (Fsp3) is 0.444. The standard InChI is InChI=1S/C9H12N4OS/c1-13-5-7(4-10-13)2-3-9(14)8-6-15-12-11-8/h4-6,9,14H,2-3H2,1H3. The Morgan fingerprint density at radius 3 is 3.07 bits per heavy atom. The molecule has 2 heterocycles. The Bertz CT molecular complexity index is 411. The molecule has 15 heavy (non-hydrogen) atoms. The average molecular weight is 224 g/mol. The molecule has 2 aromatic heterocycles. The second-order valence-corrected chi connectivity index (χ2v) is 4.02. The molecule has 0 saturated carbocycles. The van der Waals surface area contributed by atoms with Gasteiger partial charge in [-0.3, -0.25) is 4.68 Å². The number of nitrogens with zero attached hydrogens (tertiary/aromatic N) is 4. The molecule has 0 spiro atoms. The Balaban J connectivity index is 1.88. The molecule has 2 rings (SSSR count). The Morgan fingerprint density at radius 2 is 2.47 bits per heavy atom. The minimum atomic E-state index is -0.524. The van der Waals surface area contributed by atoms with E-state index in [9.17, 15) is 5.11 Å². The van der Waals surface area contributed by atoms with Crippen molar-refractivity contribution in [3.8, 4) is 0 Å². The largest absolute Gasteiger partial charge is 0.387 e. The van der Waals surface area contributed by atoms with Crippen molar-refractivity contribution in [2.75, 3.05) is 0 Å². The van der Waals surface area contributed by atoms with Gasteiger partial charge in [-0.2, -0.15) is 5.10 Å². The van der Waals surface area contributed by atoms with Gasteiger partial charge in [0.05, 0.1) is 12.3 Å². The zero-order valence-corrected chi connectivity index (χ0v) is 9.18. The summed E-state index contributed by atoms with van der Waals surface area (Å²) in [7, 11) is 1.88. The van der Waals surface area contributed by atoms with Crippen LogP contribution in [0.1, 0.15) is 23.8 Å². The first-order valence-corrected chi connectivity index (χ1v) is 5.52. The molecule has 0 saturated heterocycles. The van der Waals surface area contributed by atoms with Gasteiger partial charge < -0.3 is 5.11 Å². The fourth-order valence-corrected chi connectivity index (χ4v) is 1.87. The Labute approximate surface area is 91.5 Å². The highest BCUT2D eigenvalue weighted by atomic mass is 32.1. The van der Waals surface area contributed by atoms with E-state index in [2.05, 4.69) is 14.7 Å². The van der Waals surface area contributed by atoms with Gasteiger partial charge in [-0.05, 0) is 29.9 Å². The molecule has 80 valence electrons. The topological polar surface area (TPSA) is 63.8 Å². The van der Waals surface area contributed by atoms with E-state index in [1.54, 1.807) is 10.1 Å². The van der Waals surface area contributed by atoms with Gasteiger partial charge in [-0.1, -0.05) is 4.49 Å². The van der Waals surface area contributed by atoms with E-state index < -0.39 is 6.10 Å². The number of rotatable bonds is 4. The predicted molar refractivity (Wildman–Crippen MR) is 56.4 cm³/mol. The van der Waals surface area contributed by atoms with Crippen LogP contribution in [0.2, 0.25) is 0 Å². The smallest absolute Gasteiger partial charge is 0.104 e. The molecular formula is C9H12N4OS. The molecule has 5 nitrogen and oxygen atoms in total. The molecule has 6 heteroatoms. The summed E-state index contributed by atoms with van der Waals surface area (Å²) in [5.41, 5.74) is 1.78. The summed E-state index contributed by atoms with van der Waals surface area (Å²) in [6.45, 7) is 0. The van der Waals surface area contributed by atoms with E-state index in [4.69, 9.17) is 0 Å². The highest BCUT2D eigenvalue weighted by molar-refractivity contribution is 7.03. The maximum atomic E-state index is 9.75. The van der Waals surface area contributed by atoms with Crippen LogP contribution < -0.4 is 0 Å². The van der Waals surface area contributed by atoms with E-state index in [-0.39, 0.29) is 0 Å². The second-order valence-electron chi connectivity index (χ2n) is 3.41. The maximum absolute atomic E-state index is 9.75. The van der Waals surface area contributed by atoms with Crippen LogP contribution in [-0.2, 0) is 13.5 Å². The third kappa shape index (κ3) is 2.60. The van der Waals surface area contributed by atoms with Crippen molar-refractivity contribution in [1.82, 2.24) is 19.4 Å². The lowest BCUT2D eigenvalue weighted by Crippen LogP contribution is -1.99. The van der Waals surface area contributed by atoms with Gasteiger partial charge in [-0.25, -0.2) is 0 Å². The zero-order chi connectivity index (χ0) is 10.7. The van der Waals surface area contributed by atoms with Gasteiger partial charge in [0.2, 0.25) is 0 Å². The van der Waals surface area contributed by atoms with Gasteiger partial charge in [0.15, 0.2) is 0 Å². The highest BCUT2D eigenvalue weighted by Gasteiger charge is 2.10. The molecule has 0 aliphatic rings. The summed E-state index contributed by atoms with van der Waals surface area (Å²) in [5, 5.41) is 19.4. The van der Waals surface area contributed by atoms with E-state index in [1.807, 2.05) is 19.4 Å². The SMILES string of the molecule is Cn1cc(CCC(O)c2csnn2)cn1. The molecule has 0 radical (unpaired) electrons. The lowest BCUT2D eigenvalue weighted by atomic mass is 10.1. The van der Waals surface area contributed by atoms with Crippen molar-refractivity contribution in [3.63, 3.8) is 0 Å². The van der Waals surface area contributed by atoms with E-state index in [0.717, 1.165) is 12.0 Å². The number of aromatic nitrogens is 4. The predicted octanol–water partition coefficient (Wildman–Crippen LogP) is 0.938. The Morgan fingerprint density at radius 1 is 1.60 bits per heavy atom. The Hall–Kier alpha value is -1.27. The van der Waals surface area contributed by atoms with Crippen molar-refractivity contribution < 1.29 is 5.11 Å². The molecule has 1 atom stereocenters. The van der Waals surface area contributed by atoms with Crippen molar-refractivity contribution >= 4 is 11.5 Å². The lowest BCUT2D eigenvalue weighted by Gasteiger charge is -2.04. The first-order chi connectivity index (χ1) is 7.25. The van der Waals surface area contributed by atoms with Crippen LogP contribution in [0.25, 0.3) is 0 Å². The van der Waals surface area contributed by atoms with Crippen LogP contribution in [0.15, 0.2) is 17.8 Å². The molecule has 0 amide bonds. The quantitative estimate of drug-likeness (QED) is 0.839. The van der Waals surface area contributed by atoms with Crippen LogP contribution in [0.3, 0.4) is 0 Å². The third-order valence-electron chi connectivity index (χ3n) is 2.18. The monoisotopic (exact) mass is 224 g/mol. The van der Waals surface area contributed by atoms with Crippen LogP contribution >= 0.6 is 11.5 Å². The number of aliphatic hydroxyl groups excluding tert-OH is 1. The molecular weight excluding hydrogens is 212 g/mol. The van der Waals surface area contributed by atoms with Gasteiger partial charge in [0.25, 0.3) is 0 Å². The molecule has 0 aliphatic carbocycles. The molecule has 0 fully saturated rings. The second kappa shape index (κ2) is 4.50. The summed E-state index contributed by atoms with van der Waals surface area (Å²) in [6.07, 6.45) is 4.69. The van der Waals surface area contributed by atoms with Crippen molar-refractivity contribution in [2.45, 2.75) is 18.9 Å². The molecule has 2 aromatic rings. The highest BCUT2D eigenvalue weighted by Crippen LogP contribution is 2.17. The van der Waals surface area contributed by atoms with Crippen molar-refractivity contribution in [2.24, 2.45) is 7.05 Å². The first kappa shape index (κ1) is 10.3. The molecule has 1 unspecified atom stereocenters. The fourth-order valence-electron chi connectivity index (χ4n) is 1.37. The van der Waals surface area contributed by atoms with Crippen molar-refractivity contribution in [3.05, 3.63) is 29.0 Å². The van der Waals surface area contributed by atoms with Gasteiger partial charge in [-0.15, -0.1) is 5.10 Å². The maximum Gasteiger partial charge on any atom is 0.104 e. The van der Waals surface area contributed by atoms with E-state index >= 15 is 0 Å². The zero-order valence-electron chi connectivity index (χ0n) is 8.37. The number of hydrogen-bond acceptors (Lipinski definition) is 5. The van der Waals surface area contributed by atoms with Crippen molar-refractivity contribution in [1.29, 1.82) is 0 Å². The van der Waals surface area contributed by atoms with Gasteiger partial charge in [0.1, 0.15) is 5.69 Å². The van der Waals surface area contributed by atoms with Crippen LogP contribution in [0.4, 0.5) is 0 Å². The molecule has 0 bridgehead atoms.